The molecule has 0 unspecified atom stereocenters. The van der Waals surface area contributed by atoms with E-state index in [0.29, 0.717) is 12.3 Å². The van der Waals surface area contributed by atoms with E-state index in [1.54, 1.807) is 7.11 Å². The summed E-state index contributed by atoms with van der Waals surface area (Å²) in [7, 11) is 1.63. The Morgan fingerprint density at radius 1 is 1.45 bits per heavy atom. The molecule has 1 aromatic rings. The Labute approximate surface area is 128 Å². The first kappa shape index (κ1) is 15.3. The molecule has 5 heteroatoms. The SMILES string of the molecule is COc1cc(Br)ccc1CC(=O)N1CCC(CN)CC1. The third-order valence-electron chi connectivity index (χ3n) is 3.89. The molecule has 1 aliphatic heterocycles. The number of carbonyl (C=O) groups is 1. The Morgan fingerprint density at radius 2 is 2.15 bits per heavy atom. The van der Waals surface area contributed by atoms with Crippen LogP contribution in [0.2, 0.25) is 0 Å². The number of hydrogen-bond donors (Lipinski definition) is 1. The molecule has 4 nitrogen and oxygen atoms in total. The van der Waals surface area contributed by atoms with Crippen molar-refractivity contribution in [2.45, 2.75) is 19.3 Å². The highest BCUT2D eigenvalue weighted by molar-refractivity contribution is 9.10. The molecular weight excluding hydrogens is 320 g/mol. The number of halogens is 1. The second-order valence-electron chi connectivity index (χ2n) is 5.19. The highest BCUT2D eigenvalue weighted by Crippen LogP contribution is 2.25. The van der Waals surface area contributed by atoms with Gasteiger partial charge in [-0.25, -0.2) is 0 Å². The lowest BCUT2D eigenvalue weighted by Gasteiger charge is -2.31. The number of ether oxygens (including phenoxy) is 1. The maximum absolute atomic E-state index is 12.3. The van der Waals surface area contributed by atoms with Gasteiger partial charge < -0.3 is 15.4 Å². The number of amides is 1. The van der Waals surface area contributed by atoms with Crippen molar-refractivity contribution in [2.24, 2.45) is 11.7 Å². The van der Waals surface area contributed by atoms with Crippen molar-refractivity contribution in [1.29, 1.82) is 0 Å². The number of nitrogens with two attached hydrogens (primary N) is 1. The van der Waals surface area contributed by atoms with Gasteiger partial charge in [0.15, 0.2) is 0 Å². The minimum atomic E-state index is 0.168. The van der Waals surface area contributed by atoms with E-state index >= 15 is 0 Å². The first-order valence-corrected chi connectivity index (χ1v) is 7.73. The predicted molar refractivity (Wildman–Crippen MR) is 82.8 cm³/mol. The van der Waals surface area contributed by atoms with Crippen LogP contribution < -0.4 is 10.5 Å². The fourth-order valence-electron chi connectivity index (χ4n) is 2.56. The number of likely N-dealkylation sites (tertiary alicyclic amines) is 1. The molecule has 0 aliphatic carbocycles. The molecule has 0 atom stereocenters. The van der Waals surface area contributed by atoms with Crippen LogP contribution in [0.3, 0.4) is 0 Å². The minimum Gasteiger partial charge on any atom is -0.496 e. The van der Waals surface area contributed by atoms with Crippen LogP contribution in [0.5, 0.6) is 5.75 Å². The lowest BCUT2D eigenvalue weighted by atomic mass is 9.96. The molecule has 0 aromatic heterocycles. The van der Waals surface area contributed by atoms with Crippen LogP contribution in [-0.4, -0.2) is 37.6 Å². The summed E-state index contributed by atoms with van der Waals surface area (Å²) in [6, 6.07) is 5.77. The molecule has 0 saturated carbocycles. The first-order valence-electron chi connectivity index (χ1n) is 6.94. The van der Waals surface area contributed by atoms with E-state index in [0.717, 1.165) is 48.3 Å². The number of benzene rings is 1. The molecule has 0 radical (unpaired) electrons. The van der Waals surface area contributed by atoms with Gasteiger partial charge in [0.25, 0.3) is 0 Å². The van der Waals surface area contributed by atoms with Crippen LogP contribution in [0.15, 0.2) is 22.7 Å². The first-order chi connectivity index (χ1) is 9.63. The lowest BCUT2D eigenvalue weighted by molar-refractivity contribution is -0.131. The zero-order chi connectivity index (χ0) is 14.5. The van der Waals surface area contributed by atoms with Crippen LogP contribution in [0, 0.1) is 5.92 Å². The smallest absolute Gasteiger partial charge is 0.227 e. The summed E-state index contributed by atoms with van der Waals surface area (Å²) >= 11 is 3.41. The van der Waals surface area contributed by atoms with Crippen LogP contribution in [0.1, 0.15) is 18.4 Å². The Kier molecular flexibility index (Phi) is 5.43. The van der Waals surface area contributed by atoms with Crippen molar-refractivity contribution in [1.82, 2.24) is 4.90 Å². The van der Waals surface area contributed by atoms with Crippen LogP contribution >= 0.6 is 15.9 Å². The van der Waals surface area contributed by atoms with E-state index in [2.05, 4.69) is 15.9 Å². The maximum atomic E-state index is 12.3. The number of rotatable bonds is 4. The molecule has 20 heavy (non-hydrogen) atoms. The second kappa shape index (κ2) is 7.09. The van der Waals surface area contributed by atoms with Gasteiger partial charge in [0.1, 0.15) is 5.75 Å². The summed E-state index contributed by atoms with van der Waals surface area (Å²) in [4.78, 5) is 14.3. The Bertz CT molecular complexity index is 471. The number of carbonyl (C=O) groups excluding carboxylic acids is 1. The highest BCUT2D eigenvalue weighted by atomic mass is 79.9. The largest absolute Gasteiger partial charge is 0.496 e. The number of nitrogens with zero attached hydrogens (tertiary/aromatic N) is 1. The van der Waals surface area contributed by atoms with Crippen LogP contribution in [0.25, 0.3) is 0 Å². The fraction of sp³-hybridized carbons (Fsp3) is 0.533. The predicted octanol–water partition coefficient (Wildman–Crippen LogP) is 2.20. The van der Waals surface area contributed by atoms with Crippen molar-refractivity contribution < 1.29 is 9.53 Å². The van der Waals surface area contributed by atoms with E-state index in [-0.39, 0.29) is 5.91 Å². The molecule has 1 fully saturated rings. The van der Waals surface area contributed by atoms with Crippen molar-refractivity contribution in [3.63, 3.8) is 0 Å². The molecule has 1 aliphatic rings. The number of hydrogen-bond acceptors (Lipinski definition) is 3. The van der Waals surface area contributed by atoms with Gasteiger partial charge in [-0.1, -0.05) is 22.0 Å². The molecule has 1 saturated heterocycles. The Balaban J connectivity index is 1.98. The maximum Gasteiger partial charge on any atom is 0.227 e. The number of methoxy groups -OCH3 is 1. The summed E-state index contributed by atoms with van der Waals surface area (Å²) in [5.41, 5.74) is 6.61. The van der Waals surface area contributed by atoms with Crippen molar-refractivity contribution in [3.8, 4) is 5.75 Å². The van der Waals surface area contributed by atoms with Crippen molar-refractivity contribution >= 4 is 21.8 Å². The summed E-state index contributed by atoms with van der Waals surface area (Å²) in [5, 5.41) is 0. The summed E-state index contributed by atoms with van der Waals surface area (Å²) in [6.45, 7) is 2.36. The van der Waals surface area contributed by atoms with Gasteiger partial charge in [-0.2, -0.15) is 0 Å². The van der Waals surface area contributed by atoms with Gasteiger partial charge in [0, 0.05) is 23.1 Å². The van der Waals surface area contributed by atoms with E-state index in [1.807, 2.05) is 23.1 Å². The third-order valence-corrected chi connectivity index (χ3v) is 4.38. The summed E-state index contributed by atoms with van der Waals surface area (Å²) in [5.74, 6) is 1.49. The molecule has 0 bridgehead atoms. The van der Waals surface area contributed by atoms with Gasteiger partial charge in [0.2, 0.25) is 5.91 Å². The molecule has 0 spiro atoms. The Morgan fingerprint density at radius 3 is 2.75 bits per heavy atom. The van der Waals surface area contributed by atoms with Gasteiger partial charge in [-0.15, -0.1) is 0 Å². The Hall–Kier alpha value is -1.07. The summed E-state index contributed by atoms with van der Waals surface area (Å²) in [6.07, 6.45) is 2.42. The molecular formula is C15H21BrN2O2. The van der Waals surface area contributed by atoms with Gasteiger partial charge in [-0.3, -0.25) is 4.79 Å². The monoisotopic (exact) mass is 340 g/mol. The fourth-order valence-corrected chi connectivity index (χ4v) is 2.90. The molecule has 2 N–H and O–H groups in total. The minimum absolute atomic E-state index is 0.168. The average molecular weight is 341 g/mol. The zero-order valence-corrected chi connectivity index (χ0v) is 13.4. The topological polar surface area (TPSA) is 55.6 Å². The standard InChI is InChI=1S/C15H21BrN2O2/c1-20-14-9-13(16)3-2-12(14)8-15(19)18-6-4-11(10-17)5-7-18/h2-3,9,11H,4-8,10,17H2,1H3. The van der Waals surface area contributed by atoms with Crippen LogP contribution in [-0.2, 0) is 11.2 Å². The molecule has 2 rings (SSSR count). The number of piperidine rings is 1. The van der Waals surface area contributed by atoms with Crippen molar-refractivity contribution in [3.05, 3.63) is 28.2 Å². The third kappa shape index (κ3) is 3.73. The summed E-state index contributed by atoms with van der Waals surface area (Å²) < 4.78 is 6.28. The molecule has 1 amide bonds. The zero-order valence-electron chi connectivity index (χ0n) is 11.8. The molecule has 110 valence electrons. The lowest BCUT2D eigenvalue weighted by Crippen LogP contribution is -2.40. The van der Waals surface area contributed by atoms with E-state index in [9.17, 15) is 4.79 Å². The van der Waals surface area contributed by atoms with Crippen molar-refractivity contribution in [2.75, 3.05) is 26.7 Å². The normalized spacial score (nSPS) is 16.2. The molecule has 1 heterocycles. The average Bonchev–Trinajstić information content (AvgIpc) is 2.49. The highest BCUT2D eigenvalue weighted by Gasteiger charge is 2.22. The van der Waals surface area contributed by atoms with Gasteiger partial charge in [-0.05, 0) is 37.4 Å². The van der Waals surface area contributed by atoms with Crippen LogP contribution in [0.4, 0.5) is 0 Å². The van der Waals surface area contributed by atoms with Gasteiger partial charge >= 0.3 is 0 Å². The second-order valence-corrected chi connectivity index (χ2v) is 6.11. The van der Waals surface area contributed by atoms with Gasteiger partial charge in [0.05, 0.1) is 13.5 Å². The molecule has 1 aromatic carbocycles. The van der Waals surface area contributed by atoms with E-state index in [1.165, 1.54) is 0 Å². The van der Waals surface area contributed by atoms with E-state index in [4.69, 9.17) is 10.5 Å². The van der Waals surface area contributed by atoms with E-state index < -0.39 is 0 Å². The quantitative estimate of drug-likeness (QED) is 0.914.